The number of para-hydroxylation sites is 1. The zero-order valence-electron chi connectivity index (χ0n) is 12.5. The van der Waals surface area contributed by atoms with Crippen LogP contribution in [0.4, 0.5) is 17.5 Å². The molecule has 4 nitrogen and oxygen atoms in total. The molecule has 0 N–H and O–H groups in total. The summed E-state index contributed by atoms with van der Waals surface area (Å²) in [7, 11) is 0. The first-order chi connectivity index (χ1) is 9.80. The highest BCUT2D eigenvalue weighted by Gasteiger charge is 2.12. The summed E-state index contributed by atoms with van der Waals surface area (Å²) in [6, 6.07) is 12.2. The van der Waals surface area contributed by atoms with Crippen LogP contribution in [0, 0.1) is 0 Å². The van der Waals surface area contributed by atoms with E-state index in [4.69, 9.17) is 4.98 Å². The quantitative estimate of drug-likeness (QED) is 0.804. The first-order valence-corrected chi connectivity index (χ1v) is 7.20. The van der Waals surface area contributed by atoms with E-state index in [1.54, 1.807) is 0 Å². The maximum absolute atomic E-state index is 4.70. The fraction of sp³-hybridized carbons (Fsp3) is 0.375. The predicted octanol–water partition coefficient (Wildman–Crippen LogP) is 3.48. The second kappa shape index (κ2) is 6.89. The van der Waals surface area contributed by atoms with Crippen LogP contribution in [-0.2, 0) is 0 Å². The number of hydrogen-bond acceptors (Lipinski definition) is 4. The van der Waals surface area contributed by atoms with E-state index in [0.717, 1.165) is 37.1 Å². The van der Waals surface area contributed by atoms with E-state index in [0.29, 0.717) is 0 Å². The van der Waals surface area contributed by atoms with Crippen LogP contribution in [0.5, 0.6) is 0 Å². The number of nitrogens with zero attached hydrogens (tertiary/aromatic N) is 4. The van der Waals surface area contributed by atoms with E-state index in [9.17, 15) is 0 Å². The molecular weight excluding hydrogens is 248 g/mol. The Morgan fingerprint density at radius 3 is 2.20 bits per heavy atom. The number of rotatable bonds is 6. The first kappa shape index (κ1) is 14.3. The summed E-state index contributed by atoms with van der Waals surface area (Å²) in [6.07, 6.45) is 1.83. The van der Waals surface area contributed by atoms with Crippen molar-refractivity contribution >= 4 is 17.5 Å². The Morgan fingerprint density at radius 2 is 1.60 bits per heavy atom. The summed E-state index contributed by atoms with van der Waals surface area (Å²) in [5.74, 6) is 1.73. The maximum atomic E-state index is 4.70. The topological polar surface area (TPSA) is 32.3 Å². The van der Waals surface area contributed by atoms with Crippen LogP contribution in [0.2, 0.25) is 0 Å². The Kier molecular flexibility index (Phi) is 4.93. The zero-order chi connectivity index (χ0) is 14.4. The number of benzene rings is 1. The Morgan fingerprint density at radius 1 is 0.900 bits per heavy atom. The third kappa shape index (κ3) is 3.07. The lowest BCUT2D eigenvalue weighted by Crippen LogP contribution is -2.25. The molecule has 2 aromatic rings. The third-order valence-corrected chi connectivity index (χ3v) is 3.34. The average Bonchev–Trinajstić information content (AvgIpc) is 2.51. The van der Waals surface area contributed by atoms with Gasteiger partial charge in [0.1, 0.15) is 5.82 Å². The molecule has 0 amide bonds. The SMILES string of the molecule is CCN(CC)c1ccnc(N(CC)c2ccccc2)n1. The van der Waals surface area contributed by atoms with Gasteiger partial charge in [-0.25, -0.2) is 4.98 Å². The molecule has 0 bridgehead atoms. The van der Waals surface area contributed by atoms with E-state index in [-0.39, 0.29) is 0 Å². The van der Waals surface area contributed by atoms with Crippen molar-refractivity contribution in [2.45, 2.75) is 20.8 Å². The second-order valence-electron chi connectivity index (χ2n) is 4.47. The van der Waals surface area contributed by atoms with Crippen LogP contribution < -0.4 is 9.80 Å². The minimum atomic E-state index is 0.753. The molecule has 20 heavy (non-hydrogen) atoms. The van der Waals surface area contributed by atoms with Crippen molar-refractivity contribution in [2.75, 3.05) is 29.4 Å². The highest BCUT2D eigenvalue weighted by Crippen LogP contribution is 2.22. The molecule has 1 aromatic heterocycles. The van der Waals surface area contributed by atoms with Crippen LogP contribution in [0.25, 0.3) is 0 Å². The van der Waals surface area contributed by atoms with Gasteiger partial charge in [-0.3, -0.25) is 0 Å². The van der Waals surface area contributed by atoms with E-state index in [1.807, 2.05) is 30.5 Å². The molecule has 0 aliphatic carbocycles. The Labute approximate surface area is 121 Å². The summed E-state index contributed by atoms with van der Waals surface area (Å²) < 4.78 is 0. The molecule has 0 saturated heterocycles. The van der Waals surface area contributed by atoms with Gasteiger partial charge in [-0.15, -0.1) is 0 Å². The van der Waals surface area contributed by atoms with E-state index < -0.39 is 0 Å². The van der Waals surface area contributed by atoms with Gasteiger partial charge in [0.25, 0.3) is 0 Å². The third-order valence-electron chi connectivity index (χ3n) is 3.34. The van der Waals surface area contributed by atoms with Gasteiger partial charge in [-0.05, 0) is 39.0 Å². The van der Waals surface area contributed by atoms with Crippen molar-refractivity contribution in [3.05, 3.63) is 42.6 Å². The van der Waals surface area contributed by atoms with Crippen LogP contribution in [0.3, 0.4) is 0 Å². The van der Waals surface area contributed by atoms with Crippen LogP contribution in [-0.4, -0.2) is 29.6 Å². The fourth-order valence-electron chi connectivity index (χ4n) is 2.24. The molecule has 2 rings (SSSR count). The molecular formula is C16H22N4. The Bertz CT molecular complexity index is 523. The first-order valence-electron chi connectivity index (χ1n) is 7.20. The molecule has 0 unspecified atom stereocenters. The Balaban J connectivity index is 2.33. The minimum Gasteiger partial charge on any atom is -0.357 e. The summed E-state index contributed by atoms with van der Waals surface area (Å²) in [5, 5.41) is 0. The highest BCUT2D eigenvalue weighted by atomic mass is 15.3. The predicted molar refractivity (Wildman–Crippen MR) is 84.7 cm³/mol. The molecule has 106 valence electrons. The maximum Gasteiger partial charge on any atom is 0.231 e. The highest BCUT2D eigenvalue weighted by molar-refractivity contribution is 5.58. The lowest BCUT2D eigenvalue weighted by atomic mass is 10.3. The monoisotopic (exact) mass is 270 g/mol. The lowest BCUT2D eigenvalue weighted by Gasteiger charge is -2.24. The molecule has 4 heteroatoms. The molecule has 0 aliphatic heterocycles. The van der Waals surface area contributed by atoms with Crippen LogP contribution >= 0.6 is 0 Å². The van der Waals surface area contributed by atoms with Crippen LogP contribution in [0.15, 0.2) is 42.6 Å². The van der Waals surface area contributed by atoms with Gasteiger partial charge < -0.3 is 9.80 Å². The van der Waals surface area contributed by atoms with Gasteiger partial charge in [-0.2, -0.15) is 4.98 Å². The van der Waals surface area contributed by atoms with Crippen LogP contribution in [0.1, 0.15) is 20.8 Å². The van der Waals surface area contributed by atoms with Gasteiger partial charge in [0.05, 0.1) is 0 Å². The van der Waals surface area contributed by atoms with Crippen molar-refractivity contribution in [3.63, 3.8) is 0 Å². The summed E-state index contributed by atoms with van der Waals surface area (Å²) in [5.41, 5.74) is 1.12. The second-order valence-corrected chi connectivity index (χ2v) is 4.47. The van der Waals surface area contributed by atoms with E-state index >= 15 is 0 Å². The molecule has 0 saturated carbocycles. The van der Waals surface area contributed by atoms with Gasteiger partial charge in [0.15, 0.2) is 0 Å². The largest absolute Gasteiger partial charge is 0.357 e. The average molecular weight is 270 g/mol. The summed E-state index contributed by atoms with van der Waals surface area (Å²) in [6.45, 7) is 9.13. The lowest BCUT2D eigenvalue weighted by molar-refractivity contribution is 0.834. The van der Waals surface area contributed by atoms with Crippen molar-refractivity contribution < 1.29 is 0 Å². The molecule has 0 spiro atoms. The summed E-state index contributed by atoms with van der Waals surface area (Å²) in [4.78, 5) is 13.5. The number of anilines is 3. The van der Waals surface area contributed by atoms with Crippen molar-refractivity contribution in [1.82, 2.24) is 9.97 Å². The molecule has 0 atom stereocenters. The summed E-state index contributed by atoms with van der Waals surface area (Å²) >= 11 is 0. The molecule has 0 aliphatic rings. The zero-order valence-corrected chi connectivity index (χ0v) is 12.5. The molecule has 0 fully saturated rings. The van der Waals surface area contributed by atoms with Crippen molar-refractivity contribution in [3.8, 4) is 0 Å². The van der Waals surface area contributed by atoms with Gasteiger partial charge in [0.2, 0.25) is 5.95 Å². The van der Waals surface area contributed by atoms with Crippen molar-refractivity contribution in [2.24, 2.45) is 0 Å². The molecule has 1 heterocycles. The standard InChI is InChI=1S/C16H22N4/c1-4-19(5-2)15-12-13-17-16(18-15)20(6-3)14-10-8-7-9-11-14/h7-13H,4-6H2,1-3H3. The van der Waals surface area contributed by atoms with Crippen molar-refractivity contribution in [1.29, 1.82) is 0 Å². The fourth-order valence-corrected chi connectivity index (χ4v) is 2.24. The van der Waals surface area contributed by atoms with Gasteiger partial charge in [-0.1, -0.05) is 18.2 Å². The normalized spacial score (nSPS) is 10.3. The van der Waals surface area contributed by atoms with E-state index in [1.165, 1.54) is 0 Å². The van der Waals surface area contributed by atoms with Gasteiger partial charge >= 0.3 is 0 Å². The minimum absolute atomic E-state index is 0.753. The molecule has 0 radical (unpaired) electrons. The molecule has 1 aromatic carbocycles. The Hall–Kier alpha value is -2.10. The number of hydrogen-bond donors (Lipinski definition) is 0. The van der Waals surface area contributed by atoms with Gasteiger partial charge in [0, 0.05) is 31.5 Å². The number of aromatic nitrogens is 2. The smallest absolute Gasteiger partial charge is 0.231 e. The van der Waals surface area contributed by atoms with E-state index in [2.05, 4.69) is 47.7 Å².